The molecule has 0 aliphatic heterocycles. The van der Waals surface area contributed by atoms with Gasteiger partial charge in [0, 0.05) is 37.3 Å². The fourth-order valence-electron chi connectivity index (χ4n) is 3.51. The molecule has 0 amide bonds. The van der Waals surface area contributed by atoms with Crippen molar-refractivity contribution in [2.24, 2.45) is 0 Å². The van der Waals surface area contributed by atoms with Crippen LogP contribution in [0.2, 0.25) is 0 Å². The number of benzene rings is 2. The summed E-state index contributed by atoms with van der Waals surface area (Å²) >= 11 is 2.86. The Kier molecular flexibility index (Phi) is 7.09. The Labute approximate surface area is 207 Å². The number of hydrogen-bond donors (Lipinski definition) is 0. The highest BCUT2D eigenvalue weighted by atomic mass is 32.2. The van der Waals surface area contributed by atoms with E-state index < -0.39 is 10.0 Å². The maximum absolute atomic E-state index is 13.5. The molecule has 0 saturated heterocycles. The molecule has 0 spiro atoms. The lowest BCUT2D eigenvalue weighted by molar-refractivity contribution is 0.520. The van der Waals surface area contributed by atoms with Crippen LogP contribution in [-0.4, -0.2) is 36.4 Å². The van der Waals surface area contributed by atoms with Crippen LogP contribution < -0.4 is 5.56 Å². The largest absolute Gasteiger partial charge is 0.283 e. The van der Waals surface area contributed by atoms with Crippen LogP contribution in [0.4, 0.5) is 0 Å². The van der Waals surface area contributed by atoms with Gasteiger partial charge < -0.3 is 0 Å². The van der Waals surface area contributed by atoms with Crippen molar-refractivity contribution < 1.29 is 8.42 Å². The molecule has 0 saturated carbocycles. The highest BCUT2D eigenvalue weighted by Crippen LogP contribution is 2.33. The second-order valence-electron chi connectivity index (χ2n) is 8.02. The molecule has 176 valence electrons. The first-order valence-electron chi connectivity index (χ1n) is 10.6. The fourth-order valence-corrected chi connectivity index (χ4v) is 6.42. The minimum atomic E-state index is -3.52. The van der Waals surface area contributed by atoms with Crippen molar-refractivity contribution in [1.82, 2.24) is 13.9 Å². The van der Waals surface area contributed by atoms with Crippen LogP contribution in [0.5, 0.6) is 0 Å². The summed E-state index contributed by atoms with van der Waals surface area (Å²) in [6.45, 7) is 6.17. The number of thiophene rings is 1. The molecule has 0 N–H and O–H groups in total. The van der Waals surface area contributed by atoms with Crippen LogP contribution in [-0.2, 0) is 22.3 Å². The first-order valence-corrected chi connectivity index (χ1v) is 13.9. The second kappa shape index (κ2) is 9.87. The monoisotopic (exact) mass is 511 g/mol. The van der Waals surface area contributed by atoms with Crippen LogP contribution in [0.15, 0.2) is 81.4 Å². The van der Waals surface area contributed by atoms with Gasteiger partial charge in [-0.05, 0) is 30.2 Å². The fraction of sp³-hybridized carbons (Fsp3) is 0.200. The highest BCUT2D eigenvalue weighted by molar-refractivity contribution is 7.98. The number of nitrogens with zero attached hydrogens (tertiary/aromatic N) is 3. The van der Waals surface area contributed by atoms with Crippen molar-refractivity contribution >= 4 is 43.3 Å². The molecule has 0 atom stereocenters. The van der Waals surface area contributed by atoms with Gasteiger partial charge in [-0.1, -0.05) is 59.8 Å². The van der Waals surface area contributed by atoms with Gasteiger partial charge in [0.1, 0.15) is 4.83 Å². The summed E-state index contributed by atoms with van der Waals surface area (Å²) in [6, 6.07) is 14.9. The Hall–Kier alpha value is -2.72. The molecule has 4 rings (SSSR count). The molecular weight excluding hydrogens is 486 g/mol. The Morgan fingerprint density at radius 1 is 1.18 bits per heavy atom. The van der Waals surface area contributed by atoms with Crippen molar-refractivity contribution in [2.75, 3.05) is 14.1 Å². The lowest BCUT2D eigenvalue weighted by atomic mass is 10.1. The number of rotatable bonds is 8. The van der Waals surface area contributed by atoms with Crippen LogP contribution in [0, 0.1) is 6.92 Å². The topological polar surface area (TPSA) is 72.3 Å². The van der Waals surface area contributed by atoms with Crippen molar-refractivity contribution in [2.45, 2.75) is 29.3 Å². The SMILES string of the molecule is C=CCn1c(SCc2cccc(S(=O)(=O)N(C)C)c2)nc2scc(-c3ccc(C)cc3)c2c1=O. The third kappa shape index (κ3) is 4.74. The van der Waals surface area contributed by atoms with E-state index in [0.29, 0.717) is 27.7 Å². The van der Waals surface area contributed by atoms with Gasteiger partial charge in [-0.2, -0.15) is 0 Å². The first-order chi connectivity index (χ1) is 16.2. The number of hydrogen-bond acceptors (Lipinski definition) is 6. The maximum Gasteiger partial charge on any atom is 0.263 e. The molecule has 2 aromatic heterocycles. The van der Waals surface area contributed by atoms with E-state index in [-0.39, 0.29) is 10.5 Å². The normalized spacial score (nSPS) is 11.9. The molecule has 4 aromatic rings. The Morgan fingerprint density at radius 2 is 1.91 bits per heavy atom. The van der Waals surface area contributed by atoms with Crippen molar-refractivity contribution in [3.05, 3.63) is 88.0 Å². The van der Waals surface area contributed by atoms with Crippen molar-refractivity contribution in [3.63, 3.8) is 0 Å². The standard InChI is InChI=1S/C25H25N3O3S3/c1-5-13-28-24(29)22-21(19-11-9-17(2)10-12-19)16-32-23(22)26-25(28)33-15-18-7-6-8-20(14-18)34(30,31)27(3)4/h5-12,14,16H,1,13,15H2,2-4H3. The average Bonchev–Trinajstić information content (AvgIpc) is 3.24. The maximum atomic E-state index is 13.5. The summed E-state index contributed by atoms with van der Waals surface area (Å²) in [5, 5.41) is 3.17. The third-order valence-electron chi connectivity index (χ3n) is 5.38. The van der Waals surface area contributed by atoms with Crippen molar-refractivity contribution in [1.29, 1.82) is 0 Å². The summed E-state index contributed by atoms with van der Waals surface area (Å²) in [4.78, 5) is 19.2. The second-order valence-corrected chi connectivity index (χ2v) is 12.0. The summed E-state index contributed by atoms with van der Waals surface area (Å²) in [5.74, 6) is 0.474. The number of aryl methyl sites for hydroxylation is 1. The zero-order valence-corrected chi connectivity index (χ0v) is 21.6. The molecule has 0 bridgehead atoms. The Balaban J connectivity index is 1.71. The molecule has 9 heteroatoms. The van der Waals surface area contributed by atoms with Crippen LogP contribution >= 0.6 is 23.1 Å². The average molecular weight is 512 g/mol. The van der Waals surface area contributed by atoms with Crippen LogP contribution in [0.3, 0.4) is 0 Å². The number of aromatic nitrogens is 2. The van der Waals surface area contributed by atoms with Gasteiger partial charge in [0.15, 0.2) is 5.16 Å². The number of fused-ring (bicyclic) bond motifs is 1. The van der Waals surface area contributed by atoms with Gasteiger partial charge >= 0.3 is 0 Å². The smallest absolute Gasteiger partial charge is 0.263 e. The first kappa shape index (κ1) is 24.4. The molecule has 0 fully saturated rings. The summed E-state index contributed by atoms with van der Waals surface area (Å²) in [6.07, 6.45) is 1.68. The van der Waals surface area contributed by atoms with Crippen molar-refractivity contribution in [3.8, 4) is 11.1 Å². The quantitative estimate of drug-likeness (QED) is 0.186. The summed E-state index contributed by atoms with van der Waals surface area (Å²) in [5.41, 5.74) is 3.76. The summed E-state index contributed by atoms with van der Waals surface area (Å²) < 4.78 is 27.8. The minimum absolute atomic E-state index is 0.104. The molecule has 2 aromatic carbocycles. The number of sulfonamides is 1. The van der Waals surface area contributed by atoms with Gasteiger partial charge in [0.25, 0.3) is 5.56 Å². The van der Waals surface area contributed by atoms with E-state index >= 15 is 0 Å². The zero-order chi connectivity index (χ0) is 24.5. The van der Waals surface area contributed by atoms with Gasteiger partial charge in [-0.15, -0.1) is 17.9 Å². The molecule has 6 nitrogen and oxygen atoms in total. The lowest BCUT2D eigenvalue weighted by Gasteiger charge is -2.13. The molecule has 2 heterocycles. The third-order valence-corrected chi connectivity index (χ3v) is 9.11. The zero-order valence-electron chi connectivity index (χ0n) is 19.2. The van der Waals surface area contributed by atoms with E-state index in [2.05, 4.69) is 6.58 Å². The van der Waals surface area contributed by atoms with E-state index in [1.807, 2.05) is 42.6 Å². The molecular formula is C25H25N3O3S3. The van der Waals surface area contributed by atoms with Gasteiger partial charge in [-0.25, -0.2) is 17.7 Å². The van der Waals surface area contributed by atoms with Crippen LogP contribution in [0.1, 0.15) is 11.1 Å². The van der Waals surface area contributed by atoms with Gasteiger partial charge in [0.05, 0.1) is 10.3 Å². The van der Waals surface area contributed by atoms with Gasteiger partial charge in [0.2, 0.25) is 10.0 Å². The Morgan fingerprint density at radius 3 is 2.59 bits per heavy atom. The predicted octanol–water partition coefficient (Wildman–Crippen LogP) is 5.16. The molecule has 0 aliphatic carbocycles. The van der Waals surface area contributed by atoms with Gasteiger partial charge in [-0.3, -0.25) is 9.36 Å². The minimum Gasteiger partial charge on any atom is -0.283 e. The predicted molar refractivity (Wildman–Crippen MR) is 141 cm³/mol. The molecule has 34 heavy (non-hydrogen) atoms. The molecule has 0 radical (unpaired) electrons. The van der Waals surface area contributed by atoms with E-state index in [9.17, 15) is 13.2 Å². The van der Waals surface area contributed by atoms with Crippen LogP contribution in [0.25, 0.3) is 21.3 Å². The summed E-state index contributed by atoms with van der Waals surface area (Å²) in [7, 11) is -0.500. The Bertz CT molecular complexity index is 1520. The number of allylic oxidation sites excluding steroid dienone is 1. The van der Waals surface area contributed by atoms with E-state index in [0.717, 1.165) is 22.3 Å². The van der Waals surface area contributed by atoms with E-state index in [1.165, 1.54) is 41.5 Å². The van der Waals surface area contributed by atoms with E-state index in [4.69, 9.17) is 4.98 Å². The molecule has 0 unspecified atom stereocenters. The lowest BCUT2D eigenvalue weighted by Crippen LogP contribution is -2.22. The molecule has 0 aliphatic rings. The number of thioether (sulfide) groups is 1. The highest BCUT2D eigenvalue weighted by Gasteiger charge is 2.19. The van der Waals surface area contributed by atoms with E-state index in [1.54, 1.807) is 28.8 Å².